The molecular weight excluding hydrogens is 413 g/mol. The number of alkyl halides is 3. The molecule has 4 nitrogen and oxygen atoms in total. The second-order valence-corrected chi connectivity index (χ2v) is 9.08. The summed E-state index contributed by atoms with van der Waals surface area (Å²) in [7, 11) is 0. The van der Waals surface area contributed by atoms with Crippen molar-refractivity contribution in [2.45, 2.75) is 30.2 Å². The molecule has 2 aromatic carbocycles. The number of hydrogen-bond acceptors (Lipinski definition) is 2. The van der Waals surface area contributed by atoms with Gasteiger partial charge >= 0.3 is 0 Å². The number of benzene rings is 2. The van der Waals surface area contributed by atoms with Crippen molar-refractivity contribution < 1.29 is 4.79 Å². The summed E-state index contributed by atoms with van der Waals surface area (Å²) in [6.07, 6.45) is -0.636. The molecule has 0 aliphatic heterocycles. The number of rotatable bonds is 5. The SMILES string of the molecule is CC(C)CC(=O)NC(NC(=S)Nc1ccc2ccccc2c1)C(Cl)(Cl)Cl. The molecule has 1 unspecified atom stereocenters. The number of carbonyl (C=O) groups is 1. The molecule has 0 saturated heterocycles. The van der Waals surface area contributed by atoms with Crippen LogP contribution in [0.5, 0.6) is 0 Å². The third kappa shape index (κ3) is 6.47. The normalized spacial score (nSPS) is 12.7. The smallest absolute Gasteiger partial charge is 0.228 e. The quantitative estimate of drug-likeness (QED) is 0.354. The molecule has 26 heavy (non-hydrogen) atoms. The van der Waals surface area contributed by atoms with E-state index in [1.807, 2.05) is 56.3 Å². The average Bonchev–Trinajstić information content (AvgIpc) is 2.52. The first kappa shape index (κ1) is 21.0. The highest BCUT2D eigenvalue weighted by atomic mass is 35.6. The molecule has 0 fully saturated rings. The lowest BCUT2D eigenvalue weighted by atomic mass is 10.1. The molecule has 140 valence electrons. The van der Waals surface area contributed by atoms with Gasteiger partial charge < -0.3 is 16.0 Å². The Balaban J connectivity index is 2.04. The summed E-state index contributed by atoms with van der Waals surface area (Å²) in [5, 5.41) is 11.0. The van der Waals surface area contributed by atoms with Crippen LogP contribution in [-0.4, -0.2) is 21.0 Å². The van der Waals surface area contributed by atoms with Gasteiger partial charge in [0.25, 0.3) is 0 Å². The lowest BCUT2D eigenvalue weighted by Gasteiger charge is -2.28. The molecule has 0 aromatic heterocycles. The van der Waals surface area contributed by atoms with Gasteiger partial charge in [0.15, 0.2) is 5.11 Å². The Kier molecular flexibility index (Phi) is 7.35. The molecule has 0 saturated carbocycles. The Morgan fingerprint density at radius 1 is 1.08 bits per heavy atom. The zero-order chi connectivity index (χ0) is 19.3. The highest BCUT2D eigenvalue weighted by Crippen LogP contribution is 2.29. The van der Waals surface area contributed by atoms with Crippen molar-refractivity contribution in [3.8, 4) is 0 Å². The van der Waals surface area contributed by atoms with Gasteiger partial charge in [-0.25, -0.2) is 0 Å². The second-order valence-electron chi connectivity index (χ2n) is 6.30. The first-order chi connectivity index (χ1) is 12.1. The van der Waals surface area contributed by atoms with E-state index in [0.29, 0.717) is 6.42 Å². The Labute approximate surface area is 173 Å². The maximum atomic E-state index is 12.0. The van der Waals surface area contributed by atoms with Crippen molar-refractivity contribution >= 4 is 74.5 Å². The Morgan fingerprint density at radius 2 is 1.73 bits per heavy atom. The van der Waals surface area contributed by atoms with E-state index in [-0.39, 0.29) is 16.9 Å². The van der Waals surface area contributed by atoms with Crippen LogP contribution in [-0.2, 0) is 4.79 Å². The predicted molar refractivity (Wildman–Crippen MR) is 115 cm³/mol. The molecule has 1 amide bonds. The molecule has 2 aromatic rings. The van der Waals surface area contributed by atoms with Gasteiger partial charge in [0.05, 0.1) is 0 Å². The molecule has 8 heteroatoms. The molecule has 3 N–H and O–H groups in total. The van der Waals surface area contributed by atoms with Crippen LogP contribution in [0, 0.1) is 5.92 Å². The monoisotopic (exact) mass is 431 g/mol. The number of anilines is 1. The fourth-order valence-electron chi connectivity index (χ4n) is 2.36. The van der Waals surface area contributed by atoms with E-state index < -0.39 is 9.96 Å². The highest BCUT2D eigenvalue weighted by molar-refractivity contribution is 7.80. The van der Waals surface area contributed by atoms with Gasteiger partial charge in [-0.05, 0) is 41.0 Å². The van der Waals surface area contributed by atoms with Crippen molar-refractivity contribution in [1.82, 2.24) is 10.6 Å². The second kappa shape index (κ2) is 9.09. The zero-order valence-corrected chi connectivity index (χ0v) is 17.4. The molecule has 0 bridgehead atoms. The summed E-state index contributed by atoms with van der Waals surface area (Å²) in [6.45, 7) is 3.87. The molecule has 0 aliphatic carbocycles. The van der Waals surface area contributed by atoms with Crippen LogP contribution >= 0.6 is 47.0 Å². The van der Waals surface area contributed by atoms with E-state index in [0.717, 1.165) is 16.5 Å². The van der Waals surface area contributed by atoms with Gasteiger partial charge in [0.1, 0.15) is 6.17 Å². The minimum Gasteiger partial charge on any atom is -0.339 e. The minimum atomic E-state index is -1.76. The summed E-state index contributed by atoms with van der Waals surface area (Å²) in [5.74, 6) is -0.0361. The molecule has 2 rings (SSSR count). The van der Waals surface area contributed by atoms with Gasteiger partial charge in [-0.2, -0.15) is 0 Å². The summed E-state index contributed by atoms with van der Waals surface area (Å²) in [6, 6.07) is 13.8. The zero-order valence-electron chi connectivity index (χ0n) is 14.4. The maximum absolute atomic E-state index is 12.0. The first-order valence-electron chi connectivity index (χ1n) is 8.07. The number of amides is 1. The minimum absolute atomic E-state index is 0.189. The van der Waals surface area contributed by atoms with E-state index in [9.17, 15) is 4.79 Å². The van der Waals surface area contributed by atoms with Gasteiger partial charge in [-0.1, -0.05) is 79.0 Å². The van der Waals surface area contributed by atoms with E-state index in [1.165, 1.54) is 0 Å². The highest BCUT2D eigenvalue weighted by Gasteiger charge is 2.34. The molecule has 0 heterocycles. The predicted octanol–water partition coefficient (Wildman–Crippen LogP) is 4.98. The fraction of sp³-hybridized carbons (Fsp3) is 0.333. The van der Waals surface area contributed by atoms with Crippen LogP contribution in [0.2, 0.25) is 0 Å². The van der Waals surface area contributed by atoms with Crippen LogP contribution in [0.15, 0.2) is 42.5 Å². The van der Waals surface area contributed by atoms with Gasteiger partial charge in [0, 0.05) is 12.1 Å². The first-order valence-corrected chi connectivity index (χ1v) is 9.62. The number of fused-ring (bicyclic) bond motifs is 1. The molecule has 0 radical (unpaired) electrons. The van der Waals surface area contributed by atoms with Crippen molar-refractivity contribution in [1.29, 1.82) is 0 Å². The van der Waals surface area contributed by atoms with E-state index in [4.69, 9.17) is 47.0 Å². The maximum Gasteiger partial charge on any atom is 0.228 e. The van der Waals surface area contributed by atoms with Crippen LogP contribution in [0.3, 0.4) is 0 Å². The Hall–Kier alpha value is -1.27. The van der Waals surface area contributed by atoms with Gasteiger partial charge in [-0.15, -0.1) is 0 Å². The van der Waals surface area contributed by atoms with Crippen molar-refractivity contribution in [3.05, 3.63) is 42.5 Å². The van der Waals surface area contributed by atoms with Crippen molar-refractivity contribution in [2.24, 2.45) is 5.92 Å². The average molecular weight is 433 g/mol. The van der Waals surface area contributed by atoms with Gasteiger partial charge in [-0.3, -0.25) is 4.79 Å². The Bertz CT molecular complexity index is 793. The molecule has 0 aliphatic rings. The van der Waals surface area contributed by atoms with Crippen LogP contribution in [0.4, 0.5) is 5.69 Å². The summed E-state index contributed by atoms with van der Waals surface area (Å²) in [4.78, 5) is 12.0. The summed E-state index contributed by atoms with van der Waals surface area (Å²) in [5.41, 5.74) is 0.790. The van der Waals surface area contributed by atoms with Crippen LogP contribution in [0.1, 0.15) is 20.3 Å². The third-order valence-electron chi connectivity index (χ3n) is 3.51. The fourth-order valence-corrected chi connectivity index (χ4v) is 2.92. The Morgan fingerprint density at radius 3 is 2.35 bits per heavy atom. The van der Waals surface area contributed by atoms with Crippen LogP contribution < -0.4 is 16.0 Å². The number of hydrogen-bond donors (Lipinski definition) is 3. The third-order valence-corrected chi connectivity index (χ3v) is 4.38. The van der Waals surface area contributed by atoms with Crippen molar-refractivity contribution in [2.75, 3.05) is 5.32 Å². The van der Waals surface area contributed by atoms with E-state index in [2.05, 4.69) is 16.0 Å². The number of halogens is 3. The van der Waals surface area contributed by atoms with Crippen LogP contribution in [0.25, 0.3) is 10.8 Å². The molecular formula is C18H20Cl3N3OS. The van der Waals surface area contributed by atoms with Crippen molar-refractivity contribution in [3.63, 3.8) is 0 Å². The lowest BCUT2D eigenvalue weighted by Crippen LogP contribution is -2.56. The summed E-state index contributed by atoms with van der Waals surface area (Å²) < 4.78 is -1.76. The number of thiocarbonyl (C=S) groups is 1. The molecule has 0 spiro atoms. The standard InChI is InChI=1S/C18H20Cl3N3OS/c1-11(2)9-15(25)23-16(18(19,20)21)24-17(26)22-14-8-7-12-5-3-4-6-13(12)10-14/h3-8,10-11,16H,9H2,1-2H3,(H,23,25)(H2,22,24,26). The number of carbonyl (C=O) groups excluding carboxylic acids is 1. The van der Waals surface area contributed by atoms with Gasteiger partial charge in [0.2, 0.25) is 9.70 Å². The topological polar surface area (TPSA) is 53.2 Å². The molecule has 1 atom stereocenters. The number of nitrogens with one attached hydrogen (secondary N) is 3. The van der Waals surface area contributed by atoms with E-state index >= 15 is 0 Å². The largest absolute Gasteiger partial charge is 0.339 e. The van der Waals surface area contributed by atoms with E-state index in [1.54, 1.807) is 0 Å². The summed E-state index contributed by atoms with van der Waals surface area (Å²) >= 11 is 23.2. The lowest BCUT2D eigenvalue weighted by molar-refractivity contribution is -0.122.